The fraction of sp³-hybridized carbons (Fsp3) is 0.0833. The number of nitrogens with two attached hydrogens (primary N) is 1. The van der Waals surface area contributed by atoms with Gasteiger partial charge in [0.15, 0.2) is 0 Å². The molecule has 0 radical (unpaired) electrons. The number of nitrogen functional groups attached to an aromatic ring is 1. The summed E-state index contributed by atoms with van der Waals surface area (Å²) >= 11 is 3.24. The number of aromatic nitrogens is 1. The summed E-state index contributed by atoms with van der Waals surface area (Å²) in [6.45, 7) is 0.185. The molecule has 0 fully saturated rings. The minimum Gasteiger partial charge on any atom is -0.396 e. The Labute approximate surface area is 111 Å². The molecular weight excluding hydrogens is 304 g/mol. The lowest BCUT2D eigenvalue weighted by atomic mass is 10.2. The van der Waals surface area contributed by atoms with E-state index < -0.39 is 11.6 Å². The van der Waals surface area contributed by atoms with E-state index in [0.29, 0.717) is 17.1 Å². The lowest BCUT2D eigenvalue weighted by molar-refractivity contribution is 0.574. The summed E-state index contributed by atoms with van der Waals surface area (Å²) in [6, 6.07) is 5.12. The van der Waals surface area contributed by atoms with Crippen molar-refractivity contribution in [2.75, 3.05) is 11.1 Å². The second-order valence-electron chi connectivity index (χ2n) is 3.68. The molecule has 2 rings (SSSR count). The van der Waals surface area contributed by atoms with Gasteiger partial charge in [0.05, 0.1) is 5.69 Å². The van der Waals surface area contributed by atoms with Gasteiger partial charge in [0.1, 0.15) is 17.5 Å². The Morgan fingerprint density at radius 2 is 2.06 bits per heavy atom. The number of nitrogens with zero attached hydrogens (tertiary/aromatic N) is 1. The quantitative estimate of drug-likeness (QED) is 0.914. The summed E-state index contributed by atoms with van der Waals surface area (Å²) in [6.07, 6.45) is 1.58. The van der Waals surface area contributed by atoms with Crippen LogP contribution < -0.4 is 11.1 Å². The Hall–Kier alpha value is -1.69. The fourth-order valence-corrected chi connectivity index (χ4v) is 1.80. The van der Waals surface area contributed by atoms with E-state index >= 15 is 0 Å². The maximum Gasteiger partial charge on any atom is 0.149 e. The second-order valence-corrected chi connectivity index (χ2v) is 4.60. The van der Waals surface area contributed by atoms with Crippen molar-refractivity contribution in [3.05, 3.63) is 52.1 Å². The van der Waals surface area contributed by atoms with Gasteiger partial charge in [0.2, 0.25) is 0 Å². The van der Waals surface area contributed by atoms with Crippen LogP contribution in [0.3, 0.4) is 0 Å². The third kappa shape index (κ3) is 2.95. The van der Waals surface area contributed by atoms with E-state index in [-0.39, 0.29) is 6.54 Å². The third-order valence-electron chi connectivity index (χ3n) is 2.35. The topological polar surface area (TPSA) is 50.9 Å². The maximum atomic E-state index is 13.4. The predicted octanol–water partition coefficient (Wildman–Crippen LogP) is 3.32. The lowest BCUT2D eigenvalue weighted by Crippen LogP contribution is -2.06. The molecule has 0 amide bonds. The van der Waals surface area contributed by atoms with Gasteiger partial charge in [-0.05, 0) is 28.1 Å². The highest BCUT2D eigenvalue weighted by atomic mass is 79.9. The number of anilines is 2. The maximum absolute atomic E-state index is 13.4. The second kappa shape index (κ2) is 5.30. The molecule has 0 spiro atoms. The van der Waals surface area contributed by atoms with Gasteiger partial charge in [0, 0.05) is 28.8 Å². The molecule has 94 valence electrons. The molecule has 18 heavy (non-hydrogen) atoms. The van der Waals surface area contributed by atoms with E-state index in [4.69, 9.17) is 5.73 Å². The monoisotopic (exact) mass is 313 g/mol. The largest absolute Gasteiger partial charge is 0.396 e. The Morgan fingerprint density at radius 1 is 1.28 bits per heavy atom. The molecule has 0 aliphatic rings. The highest BCUT2D eigenvalue weighted by molar-refractivity contribution is 9.10. The van der Waals surface area contributed by atoms with Crippen molar-refractivity contribution in [3.63, 3.8) is 0 Å². The standard InChI is InChI=1S/C12H10BrF2N3/c13-8-3-11(16)12(18-6-8)17-5-7-1-2-9(14)4-10(7)15/h1-4,6H,5,16H2,(H,17,18). The van der Waals surface area contributed by atoms with Crippen LogP contribution in [0.25, 0.3) is 0 Å². The van der Waals surface area contributed by atoms with Crippen LogP contribution in [-0.4, -0.2) is 4.98 Å². The van der Waals surface area contributed by atoms with E-state index in [1.54, 1.807) is 12.3 Å². The van der Waals surface area contributed by atoms with Crippen LogP contribution in [0.5, 0.6) is 0 Å². The van der Waals surface area contributed by atoms with E-state index in [2.05, 4.69) is 26.2 Å². The Kier molecular flexibility index (Phi) is 3.76. The van der Waals surface area contributed by atoms with Crippen molar-refractivity contribution in [1.82, 2.24) is 4.98 Å². The highest BCUT2D eigenvalue weighted by Crippen LogP contribution is 2.20. The first-order valence-electron chi connectivity index (χ1n) is 5.15. The molecular formula is C12H10BrF2N3. The first-order chi connectivity index (χ1) is 8.56. The minimum atomic E-state index is -0.600. The van der Waals surface area contributed by atoms with Crippen molar-refractivity contribution in [1.29, 1.82) is 0 Å². The SMILES string of the molecule is Nc1cc(Br)cnc1NCc1ccc(F)cc1F. The average molecular weight is 314 g/mol. The van der Waals surface area contributed by atoms with Crippen LogP contribution in [0, 0.1) is 11.6 Å². The van der Waals surface area contributed by atoms with Crippen molar-refractivity contribution in [2.45, 2.75) is 6.54 Å². The van der Waals surface area contributed by atoms with Crippen LogP contribution in [-0.2, 0) is 6.54 Å². The Morgan fingerprint density at radius 3 is 2.72 bits per heavy atom. The normalized spacial score (nSPS) is 10.4. The first-order valence-corrected chi connectivity index (χ1v) is 5.94. The lowest BCUT2D eigenvalue weighted by Gasteiger charge is -2.09. The van der Waals surface area contributed by atoms with Crippen LogP contribution >= 0.6 is 15.9 Å². The summed E-state index contributed by atoms with van der Waals surface area (Å²) < 4.78 is 26.9. The molecule has 0 saturated carbocycles. The number of pyridine rings is 1. The van der Waals surface area contributed by atoms with Crippen LogP contribution in [0.1, 0.15) is 5.56 Å². The molecule has 0 aliphatic heterocycles. The van der Waals surface area contributed by atoms with Crippen molar-refractivity contribution in [3.8, 4) is 0 Å². The smallest absolute Gasteiger partial charge is 0.149 e. The van der Waals surface area contributed by atoms with Crippen LogP contribution in [0.2, 0.25) is 0 Å². The molecule has 0 saturated heterocycles. The predicted molar refractivity (Wildman–Crippen MR) is 70.0 cm³/mol. The molecule has 0 aliphatic carbocycles. The molecule has 0 atom stereocenters. The van der Waals surface area contributed by atoms with Crippen molar-refractivity contribution in [2.24, 2.45) is 0 Å². The molecule has 3 nitrogen and oxygen atoms in total. The molecule has 1 aromatic heterocycles. The summed E-state index contributed by atoms with van der Waals surface area (Å²) in [4.78, 5) is 4.06. The molecule has 1 heterocycles. The molecule has 0 bridgehead atoms. The number of halogens is 3. The van der Waals surface area contributed by atoms with Gasteiger partial charge < -0.3 is 11.1 Å². The highest BCUT2D eigenvalue weighted by Gasteiger charge is 2.05. The molecule has 3 N–H and O–H groups in total. The molecule has 0 unspecified atom stereocenters. The third-order valence-corrected chi connectivity index (χ3v) is 2.78. The van der Waals surface area contributed by atoms with E-state index in [9.17, 15) is 8.78 Å². The molecule has 6 heteroatoms. The van der Waals surface area contributed by atoms with Crippen molar-refractivity contribution < 1.29 is 8.78 Å². The average Bonchev–Trinajstić information content (AvgIpc) is 2.30. The number of rotatable bonds is 3. The van der Waals surface area contributed by atoms with Crippen molar-refractivity contribution >= 4 is 27.4 Å². The van der Waals surface area contributed by atoms with E-state index in [1.165, 1.54) is 12.1 Å². The van der Waals surface area contributed by atoms with Crippen LogP contribution in [0.4, 0.5) is 20.3 Å². The number of hydrogen-bond donors (Lipinski definition) is 2. The fourth-order valence-electron chi connectivity index (χ4n) is 1.45. The summed E-state index contributed by atoms with van der Waals surface area (Å²) in [5, 5.41) is 2.90. The van der Waals surface area contributed by atoms with Gasteiger partial charge in [-0.3, -0.25) is 0 Å². The number of nitrogens with one attached hydrogen (secondary N) is 1. The van der Waals surface area contributed by atoms with Gasteiger partial charge in [-0.1, -0.05) is 6.07 Å². The zero-order valence-electron chi connectivity index (χ0n) is 9.25. The van der Waals surface area contributed by atoms with Gasteiger partial charge in [-0.2, -0.15) is 0 Å². The Balaban J connectivity index is 2.11. The Bertz CT molecular complexity index is 524. The van der Waals surface area contributed by atoms with E-state index in [1.807, 2.05) is 0 Å². The summed E-state index contributed by atoms with van der Waals surface area (Å²) in [5.74, 6) is -0.738. The first kappa shape index (κ1) is 12.8. The van der Waals surface area contributed by atoms with Gasteiger partial charge in [-0.15, -0.1) is 0 Å². The molecule has 2 aromatic rings. The zero-order valence-corrected chi connectivity index (χ0v) is 10.8. The zero-order chi connectivity index (χ0) is 13.1. The number of benzene rings is 1. The minimum absolute atomic E-state index is 0.185. The summed E-state index contributed by atoms with van der Waals surface area (Å²) in [7, 11) is 0. The van der Waals surface area contributed by atoms with Gasteiger partial charge in [0.25, 0.3) is 0 Å². The molecule has 1 aromatic carbocycles. The van der Waals surface area contributed by atoms with Crippen LogP contribution in [0.15, 0.2) is 34.9 Å². The van der Waals surface area contributed by atoms with Gasteiger partial charge in [-0.25, -0.2) is 13.8 Å². The van der Waals surface area contributed by atoms with Gasteiger partial charge >= 0.3 is 0 Å². The van der Waals surface area contributed by atoms with E-state index in [0.717, 1.165) is 10.5 Å². The number of hydrogen-bond acceptors (Lipinski definition) is 3. The summed E-state index contributed by atoms with van der Waals surface area (Å²) in [5.41, 5.74) is 6.54.